The maximum absolute atomic E-state index is 13.0. The SMILES string of the molecule is CCC/C(=N/S(=O)(=O)NCC(C)(C)c1coc(-c2ccc(F)cc2)n1)NO. The molecule has 2 rings (SSSR count). The number of benzene rings is 1. The summed E-state index contributed by atoms with van der Waals surface area (Å²) in [6.45, 7) is 5.43. The van der Waals surface area contributed by atoms with Gasteiger partial charge in [-0.25, -0.2) is 9.37 Å². The van der Waals surface area contributed by atoms with E-state index in [1.165, 1.54) is 18.4 Å². The summed E-state index contributed by atoms with van der Waals surface area (Å²) in [5.41, 5.74) is 2.24. The fourth-order valence-electron chi connectivity index (χ4n) is 2.21. The van der Waals surface area contributed by atoms with E-state index < -0.39 is 15.6 Å². The number of aromatic nitrogens is 1. The average Bonchev–Trinajstić information content (AvgIpc) is 3.11. The van der Waals surface area contributed by atoms with Crippen molar-refractivity contribution < 1.29 is 22.4 Å². The molecule has 148 valence electrons. The van der Waals surface area contributed by atoms with Crippen LogP contribution < -0.4 is 10.2 Å². The largest absolute Gasteiger partial charge is 0.444 e. The van der Waals surface area contributed by atoms with Gasteiger partial charge in [-0.1, -0.05) is 20.8 Å². The summed E-state index contributed by atoms with van der Waals surface area (Å²) in [6, 6.07) is 5.71. The molecule has 0 spiro atoms. The van der Waals surface area contributed by atoms with E-state index in [1.807, 2.05) is 6.92 Å². The Labute approximate surface area is 157 Å². The number of halogens is 1. The lowest BCUT2D eigenvalue weighted by atomic mass is 9.90. The molecular formula is C17H23FN4O4S. The minimum Gasteiger partial charge on any atom is -0.444 e. The average molecular weight is 398 g/mol. The first kappa shape index (κ1) is 21.0. The van der Waals surface area contributed by atoms with Crippen LogP contribution >= 0.6 is 0 Å². The van der Waals surface area contributed by atoms with Crippen LogP contribution in [0.15, 0.2) is 39.3 Å². The van der Waals surface area contributed by atoms with Crippen LogP contribution in [0.5, 0.6) is 0 Å². The molecule has 0 bridgehead atoms. The van der Waals surface area contributed by atoms with Gasteiger partial charge in [-0.3, -0.25) is 10.7 Å². The van der Waals surface area contributed by atoms with E-state index in [0.717, 1.165) is 0 Å². The molecule has 0 saturated carbocycles. The highest BCUT2D eigenvalue weighted by Crippen LogP contribution is 2.26. The van der Waals surface area contributed by atoms with Crippen LogP contribution in [0.1, 0.15) is 39.3 Å². The van der Waals surface area contributed by atoms with Crippen molar-refractivity contribution in [2.24, 2.45) is 4.40 Å². The molecule has 8 nitrogen and oxygen atoms in total. The fraction of sp³-hybridized carbons (Fsp3) is 0.412. The fourth-order valence-corrected chi connectivity index (χ4v) is 3.24. The second-order valence-corrected chi connectivity index (χ2v) is 8.05. The lowest BCUT2D eigenvalue weighted by molar-refractivity contribution is 0.232. The lowest BCUT2D eigenvalue weighted by Gasteiger charge is -2.21. The molecule has 1 aromatic carbocycles. The summed E-state index contributed by atoms with van der Waals surface area (Å²) in [5, 5.41) is 8.94. The second-order valence-electron chi connectivity index (χ2n) is 6.62. The third-order valence-corrected chi connectivity index (χ3v) is 4.80. The number of hydrogen-bond acceptors (Lipinski definition) is 5. The summed E-state index contributed by atoms with van der Waals surface area (Å²) in [7, 11) is -3.99. The standard InChI is InChI=1S/C17H23FN4O4S/c1-4-5-15(21-23)22-27(24,25)19-11-17(2,3)14-10-26-16(20-14)12-6-8-13(18)9-7-12/h6-10,19,23H,4-5,11H2,1-3H3,(H,21,22). The van der Waals surface area contributed by atoms with Crippen molar-refractivity contribution in [2.45, 2.75) is 39.0 Å². The molecule has 0 fully saturated rings. The highest BCUT2D eigenvalue weighted by Gasteiger charge is 2.27. The highest BCUT2D eigenvalue weighted by atomic mass is 32.2. The van der Waals surface area contributed by atoms with Crippen molar-refractivity contribution >= 4 is 16.0 Å². The zero-order chi connectivity index (χ0) is 20.1. The predicted octanol–water partition coefficient (Wildman–Crippen LogP) is 2.77. The quantitative estimate of drug-likeness (QED) is 0.358. The molecule has 0 amide bonds. The Morgan fingerprint density at radius 2 is 2.00 bits per heavy atom. The molecule has 0 unspecified atom stereocenters. The number of hydroxylamine groups is 1. The third-order valence-electron chi connectivity index (χ3n) is 3.83. The molecule has 0 aliphatic carbocycles. The Hall–Kier alpha value is -2.30. The molecular weight excluding hydrogens is 375 g/mol. The number of amidine groups is 1. The van der Waals surface area contributed by atoms with Gasteiger partial charge in [0.05, 0.1) is 5.69 Å². The van der Waals surface area contributed by atoms with Gasteiger partial charge in [0.15, 0.2) is 0 Å². The Balaban J connectivity index is 2.11. The van der Waals surface area contributed by atoms with Crippen LogP contribution in [-0.4, -0.2) is 31.0 Å². The molecule has 27 heavy (non-hydrogen) atoms. The molecule has 3 N–H and O–H groups in total. The molecule has 0 aliphatic rings. The molecule has 0 saturated heterocycles. The number of nitrogens with one attached hydrogen (secondary N) is 2. The van der Waals surface area contributed by atoms with Crippen molar-refractivity contribution in [3.63, 3.8) is 0 Å². The van der Waals surface area contributed by atoms with Gasteiger partial charge in [-0.05, 0) is 30.7 Å². The maximum Gasteiger partial charge on any atom is 0.321 e. The van der Waals surface area contributed by atoms with E-state index in [-0.39, 0.29) is 18.2 Å². The van der Waals surface area contributed by atoms with Crippen LogP contribution in [-0.2, 0) is 15.6 Å². The van der Waals surface area contributed by atoms with E-state index in [1.54, 1.807) is 31.5 Å². The van der Waals surface area contributed by atoms with Gasteiger partial charge < -0.3 is 4.42 Å². The Morgan fingerprint density at radius 3 is 2.59 bits per heavy atom. The van der Waals surface area contributed by atoms with Crippen LogP contribution in [0.4, 0.5) is 4.39 Å². The normalized spacial score (nSPS) is 13.0. The van der Waals surface area contributed by atoms with Gasteiger partial charge in [0, 0.05) is 23.9 Å². The van der Waals surface area contributed by atoms with Crippen LogP contribution in [0.2, 0.25) is 0 Å². The first-order valence-electron chi connectivity index (χ1n) is 8.37. The highest BCUT2D eigenvalue weighted by molar-refractivity contribution is 7.88. The van der Waals surface area contributed by atoms with Crippen molar-refractivity contribution in [2.75, 3.05) is 6.54 Å². The van der Waals surface area contributed by atoms with Gasteiger partial charge in [-0.15, -0.1) is 4.40 Å². The van der Waals surface area contributed by atoms with Crippen LogP contribution in [0.25, 0.3) is 11.5 Å². The minimum absolute atomic E-state index is 0.0130. The van der Waals surface area contributed by atoms with Crippen LogP contribution in [0.3, 0.4) is 0 Å². The topological polar surface area (TPSA) is 117 Å². The Bertz CT molecular complexity index is 892. The van der Waals surface area contributed by atoms with E-state index in [4.69, 9.17) is 9.62 Å². The molecule has 0 aliphatic heterocycles. The molecule has 1 heterocycles. The maximum atomic E-state index is 13.0. The van der Waals surface area contributed by atoms with Crippen molar-refractivity contribution in [3.8, 4) is 11.5 Å². The van der Waals surface area contributed by atoms with Crippen molar-refractivity contribution in [3.05, 3.63) is 42.0 Å². The lowest BCUT2D eigenvalue weighted by Crippen LogP contribution is -2.37. The summed E-state index contributed by atoms with van der Waals surface area (Å²) < 4.78 is 48.5. The first-order valence-corrected chi connectivity index (χ1v) is 9.81. The van der Waals surface area contributed by atoms with Gasteiger partial charge in [0.25, 0.3) is 0 Å². The zero-order valence-corrected chi connectivity index (χ0v) is 16.2. The number of oxazole rings is 1. The smallest absolute Gasteiger partial charge is 0.321 e. The van der Waals surface area contributed by atoms with Gasteiger partial charge in [0.1, 0.15) is 17.9 Å². The van der Waals surface area contributed by atoms with E-state index >= 15 is 0 Å². The summed E-state index contributed by atoms with van der Waals surface area (Å²) in [4.78, 5) is 4.38. The first-order chi connectivity index (χ1) is 12.7. The van der Waals surface area contributed by atoms with Crippen molar-refractivity contribution in [1.29, 1.82) is 0 Å². The summed E-state index contributed by atoms with van der Waals surface area (Å²) in [6.07, 6.45) is 2.36. The Morgan fingerprint density at radius 1 is 1.33 bits per heavy atom. The summed E-state index contributed by atoms with van der Waals surface area (Å²) >= 11 is 0. The van der Waals surface area contributed by atoms with E-state index in [0.29, 0.717) is 30.0 Å². The van der Waals surface area contributed by atoms with Gasteiger partial charge in [0.2, 0.25) is 5.89 Å². The third kappa shape index (κ3) is 5.84. The Kier molecular flexibility index (Phi) is 6.68. The van der Waals surface area contributed by atoms with E-state index in [9.17, 15) is 12.8 Å². The second kappa shape index (κ2) is 8.59. The van der Waals surface area contributed by atoms with E-state index in [2.05, 4.69) is 14.1 Å². The summed E-state index contributed by atoms with van der Waals surface area (Å²) in [5.74, 6) is -0.0860. The minimum atomic E-state index is -3.99. The number of hydrogen-bond donors (Lipinski definition) is 3. The number of rotatable bonds is 8. The molecule has 2 aromatic rings. The van der Waals surface area contributed by atoms with Gasteiger partial charge >= 0.3 is 10.2 Å². The molecule has 0 atom stereocenters. The van der Waals surface area contributed by atoms with Gasteiger partial charge in [-0.2, -0.15) is 13.1 Å². The monoisotopic (exact) mass is 398 g/mol. The predicted molar refractivity (Wildman–Crippen MR) is 99.1 cm³/mol. The van der Waals surface area contributed by atoms with Crippen LogP contribution in [0, 0.1) is 5.82 Å². The molecule has 0 radical (unpaired) electrons. The number of nitrogens with zero attached hydrogens (tertiary/aromatic N) is 2. The molecule has 1 aromatic heterocycles. The van der Waals surface area contributed by atoms with Crippen molar-refractivity contribution in [1.82, 2.24) is 15.2 Å². The molecule has 10 heteroatoms. The zero-order valence-electron chi connectivity index (χ0n) is 15.4.